The van der Waals surface area contributed by atoms with Crippen molar-refractivity contribution in [2.24, 2.45) is 0 Å². The molecule has 0 aromatic heterocycles. The molecule has 2 aromatic carbocycles. The Morgan fingerprint density at radius 2 is 1.84 bits per heavy atom. The summed E-state index contributed by atoms with van der Waals surface area (Å²) in [6.07, 6.45) is 0.468. The third kappa shape index (κ3) is 5.34. The normalized spacial score (nSPS) is 14.8. The molecule has 3 rings (SSSR count). The van der Waals surface area contributed by atoms with Crippen LogP contribution in [0.5, 0.6) is 0 Å². The lowest BCUT2D eigenvalue weighted by molar-refractivity contribution is 0.0697. The van der Waals surface area contributed by atoms with Gasteiger partial charge in [0.2, 0.25) is 0 Å². The first kappa shape index (κ1) is 22.6. The Balaban J connectivity index is 1.81. The smallest absolute Gasteiger partial charge is 0.337 e. The van der Waals surface area contributed by atoms with Gasteiger partial charge in [0.05, 0.1) is 22.2 Å². The standard InChI is InChI=1S/C22H26N4O4S/c1-16-4-7-21(17(2)14-16)31(29,30)24-18-5-6-20(19(15-18)22(27)28)26-12-10-25(11-13-26)9-3-8-23/h4-7,14-15,24H,3,9-13H2,1-2H3,(H,27,28). The number of hydrogen-bond donors (Lipinski definition) is 2. The largest absolute Gasteiger partial charge is 0.478 e. The summed E-state index contributed by atoms with van der Waals surface area (Å²) >= 11 is 0. The van der Waals surface area contributed by atoms with Gasteiger partial charge in [-0.25, -0.2) is 13.2 Å². The summed E-state index contributed by atoms with van der Waals surface area (Å²) in [5, 5.41) is 18.5. The number of aryl methyl sites for hydroxylation is 2. The summed E-state index contributed by atoms with van der Waals surface area (Å²) in [6.45, 7) is 7.07. The summed E-state index contributed by atoms with van der Waals surface area (Å²) < 4.78 is 28.2. The fraction of sp³-hybridized carbons (Fsp3) is 0.364. The molecule has 31 heavy (non-hydrogen) atoms. The number of nitrogens with zero attached hydrogens (tertiary/aromatic N) is 3. The quantitative estimate of drug-likeness (QED) is 0.678. The zero-order valence-electron chi connectivity index (χ0n) is 17.6. The number of nitriles is 1. The van der Waals surface area contributed by atoms with E-state index in [2.05, 4.69) is 15.7 Å². The van der Waals surface area contributed by atoms with Gasteiger partial charge in [-0.15, -0.1) is 0 Å². The highest BCUT2D eigenvalue weighted by molar-refractivity contribution is 7.92. The highest BCUT2D eigenvalue weighted by Gasteiger charge is 2.23. The molecule has 0 bridgehead atoms. The maximum Gasteiger partial charge on any atom is 0.337 e. The highest BCUT2D eigenvalue weighted by atomic mass is 32.2. The fourth-order valence-electron chi connectivity index (χ4n) is 3.78. The lowest BCUT2D eigenvalue weighted by atomic mass is 10.1. The number of carboxylic acid groups (broad SMARTS) is 1. The van der Waals surface area contributed by atoms with Crippen LogP contribution in [0, 0.1) is 25.2 Å². The first-order valence-corrected chi connectivity index (χ1v) is 11.5. The minimum atomic E-state index is -3.85. The van der Waals surface area contributed by atoms with Crippen LogP contribution in [0.25, 0.3) is 0 Å². The molecule has 1 aliphatic heterocycles. The Labute approximate surface area is 182 Å². The summed E-state index contributed by atoms with van der Waals surface area (Å²) in [4.78, 5) is 16.2. The van der Waals surface area contributed by atoms with Crippen molar-refractivity contribution < 1.29 is 18.3 Å². The Kier molecular flexibility index (Phi) is 6.83. The van der Waals surface area contributed by atoms with Crippen LogP contribution in [0.15, 0.2) is 41.3 Å². The van der Waals surface area contributed by atoms with Gasteiger partial charge in [0.15, 0.2) is 0 Å². The molecule has 0 amide bonds. The minimum absolute atomic E-state index is 0.0475. The second kappa shape index (κ2) is 9.37. The average molecular weight is 443 g/mol. The predicted octanol–water partition coefficient (Wildman–Crippen LogP) is 2.84. The molecule has 9 heteroatoms. The number of piperazine rings is 1. The van der Waals surface area contributed by atoms with Gasteiger partial charge >= 0.3 is 5.97 Å². The van der Waals surface area contributed by atoms with E-state index in [9.17, 15) is 18.3 Å². The Morgan fingerprint density at radius 3 is 2.45 bits per heavy atom. The van der Waals surface area contributed by atoms with E-state index in [1.54, 1.807) is 37.3 Å². The van der Waals surface area contributed by atoms with Crippen LogP contribution in [0.4, 0.5) is 11.4 Å². The molecule has 0 atom stereocenters. The number of benzene rings is 2. The van der Waals surface area contributed by atoms with Crippen LogP contribution in [0.1, 0.15) is 27.9 Å². The van der Waals surface area contributed by atoms with Crippen LogP contribution in [0.2, 0.25) is 0 Å². The predicted molar refractivity (Wildman–Crippen MR) is 119 cm³/mol. The van der Waals surface area contributed by atoms with Crippen LogP contribution >= 0.6 is 0 Å². The third-order valence-corrected chi connectivity index (χ3v) is 6.89. The first-order valence-electron chi connectivity index (χ1n) is 10.0. The zero-order chi connectivity index (χ0) is 22.6. The molecular weight excluding hydrogens is 416 g/mol. The van der Waals surface area contributed by atoms with E-state index >= 15 is 0 Å². The van der Waals surface area contributed by atoms with Crippen LogP contribution in [-0.2, 0) is 10.0 Å². The minimum Gasteiger partial charge on any atom is -0.478 e. The van der Waals surface area contributed by atoms with E-state index < -0.39 is 16.0 Å². The van der Waals surface area contributed by atoms with E-state index in [0.29, 0.717) is 37.3 Å². The number of rotatable bonds is 7. The molecule has 2 N–H and O–H groups in total. The maximum absolute atomic E-state index is 12.8. The average Bonchev–Trinajstić information content (AvgIpc) is 2.72. The van der Waals surface area contributed by atoms with Crippen molar-refractivity contribution in [2.75, 3.05) is 42.3 Å². The van der Waals surface area contributed by atoms with Crippen molar-refractivity contribution in [2.45, 2.75) is 25.2 Å². The molecule has 1 heterocycles. The highest BCUT2D eigenvalue weighted by Crippen LogP contribution is 2.28. The fourth-order valence-corrected chi connectivity index (χ4v) is 5.06. The molecule has 8 nitrogen and oxygen atoms in total. The van der Waals surface area contributed by atoms with Crippen molar-refractivity contribution in [3.63, 3.8) is 0 Å². The van der Waals surface area contributed by atoms with Crippen LogP contribution in [-0.4, -0.2) is 57.1 Å². The van der Waals surface area contributed by atoms with E-state index in [0.717, 1.165) is 18.7 Å². The second-order valence-electron chi connectivity index (χ2n) is 7.65. The molecule has 1 saturated heterocycles. The monoisotopic (exact) mass is 442 g/mol. The molecule has 0 spiro atoms. The van der Waals surface area contributed by atoms with Gasteiger partial charge in [-0.05, 0) is 43.7 Å². The van der Waals surface area contributed by atoms with Crippen LogP contribution < -0.4 is 9.62 Å². The number of anilines is 2. The van der Waals surface area contributed by atoms with Crippen molar-refractivity contribution in [1.29, 1.82) is 5.26 Å². The summed E-state index contributed by atoms with van der Waals surface area (Å²) in [7, 11) is -3.85. The lowest BCUT2D eigenvalue weighted by Gasteiger charge is -2.36. The van der Waals surface area contributed by atoms with E-state index in [-0.39, 0.29) is 16.1 Å². The molecule has 1 aliphatic rings. The number of carbonyl (C=O) groups is 1. The molecule has 0 radical (unpaired) electrons. The van der Waals surface area contributed by atoms with Gasteiger partial charge in [-0.2, -0.15) is 5.26 Å². The van der Waals surface area contributed by atoms with Crippen molar-refractivity contribution in [3.8, 4) is 6.07 Å². The Hall–Kier alpha value is -3.09. The number of aromatic carboxylic acids is 1. The molecule has 0 saturated carbocycles. The number of carboxylic acids is 1. The SMILES string of the molecule is Cc1ccc(S(=O)(=O)Nc2ccc(N3CCN(CCC#N)CC3)c(C(=O)O)c2)c(C)c1. The van der Waals surface area contributed by atoms with Gasteiger partial charge < -0.3 is 10.0 Å². The lowest BCUT2D eigenvalue weighted by Crippen LogP contribution is -2.47. The number of hydrogen-bond acceptors (Lipinski definition) is 6. The molecule has 1 fully saturated rings. The van der Waals surface area contributed by atoms with Crippen molar-refractivity contribution in [1.82, 2.24) is 4.90 Å². The molecular formula is C22H26N4O4S. The third-order valence-electron chi connectivity index (χ3n) is 5.35. The summed E-state index contributed by atoms with van der Waals surface area (Å²) in [5.41, 5.74) is 2.39. The molecule has 2 aromatic rings. The molecule has 0 unspecified atom stereocenters. The van der Waals surface area contributed by atoms with Gasteiger partial charge in [0.1, 0.15) is 0 Å². The topological polar surface area (TPSA) is 114 Å². The number of sulfonamides is 1. The Morgan fingerprint density at radius 1 is 1.13 bits per heavy atom. The van der Waals surface area contributed by atoms with Gasteiger partial charge in [0.25, 0.3) is 10.0 Å². The van der Waals surface area contributed by atoms with Crippen molar-refractivity contribution >= 4 is 27.4 Å². The van der Waals surface area contributed by atoms with E-state index in [4.69, 9.17) is 5.26 Å². The molecule has 164 valence electrons. The zero-order valence-corrected chi connectivity index (χ0v) is 18.4. The van der Waals surface area contributed by atoms with Gasteiger partial charge in [-0.1, -0.05) is 17.7 Å². The Bertz CT molecular complexity index is 1120. The maximum atomic E-state index is 12.8. The van der Waals surface area contributed by atoms with Crippen LogP contribution in [0.3, 0.4) is 0 Å². The molecule has 0 aliphatic carbocycles. The van der Waals surface area contributed by atoms with E-state index in [1.165, 1.54) is 6.07 Å². The van der Waals surface area contributed by atoms with Gasteiger partial charge in [-0.3, -0.25) is 9.62 Å². The number of nitrogens with one attached hydrogen (secondary N) is 1. The van der Waals surface area contributed by atoms with E-state index in [1.807, 2.05) is 11.8 Å². The summed E-state index contributed by atoms with van der Waals surface area (Å²) in [5.74, 6) is -1.12. The first-order chi connectivity index (χ1) is 14.7. The summed E-state index contributed by atoms with van der Waals surface area (Å²) in [6, 6.07) is 11.8. The van der Waals surface area contributed by atoms with Gasteiger partial charge in [0, 0.05) is 44.8 Å². The second-order valence-corrected chi connectivity index (χ2v) is 9.30. The van der Waals surface area contributed by atoms with Crippen molar-refractivity contribution in [3.05, 3.63) is 53.1 Å².